The Balaban J connectivity index is 1.66. The fraction of sp³-hybridized carbons (Fsp3) is 0.286. The van der Waals surface area contributed by atoms with Crippen molar-refractivity contribution in [3.8, 4) is 0 Å². The van der Waals surface area contributed by atoms with E-state index in [1.54, 1.807) is 29.5 Å². The highest BCUT2D eigenvalue weighted by atomic mass is 79.9. The van der Waals surface area contributed by atoms with Crippen LogP contribution >= 0.6 is 27.3 Å². The van der Waals surface area contributed by atoms with Crippen LogP contribution in [0.2, 0.25) is 0 Å². The molecule has 0 saturated carbocycles. The van der Waals surface area contributed by atoms with E-state index < -0.39 is 0 Å². The van der Waals surface area contributed by atoms with E-state index in [1.807, 2.05) is 16.5 Å². The molecule has 7 heteroatoms. The van der Waals surface area contributed by atoms with Crippen molar-refractivity contribution in [1.82, 2.24) is 9.88 Å². The van der Waals surface area contributed by atoms with Gasteiger partial charge in [-0.2, -0.15) is 0 Å². The van der Waals surface area contributed by atoms with Crippen LogP contribution in [0.3, 0.4) is 0 Å². The van der Waals surface area contributed by atoms with Crippen molar-refractivity contribution in [1.29, 1.82) is 0 Å². The molecule has 21 heavy (non-hydrogen) atoms. The Morgan fingerprint density at radius 3 is 2.67 bits per heavy atom. The van der Waals surface area contributed by atoms with Crippen LogP contribution in [0, 0.1) is 0 Å². The summed E-state index contributed by atoms with van der Waals surface area (Å²) >= 11 is 4.99. The van der Waals surface area contributed by atoms with E-state index in [9.17, 15) is 4.79 Å². The summed E-state index contributed by atoms with van der Waals surface area (Å²) in [5.74, 6) is 0.0505. The van der Waals surface area contributed by atoms with Gasteiger partial charge in [-0.15, -0.1) is 11.3 Å². The number of aromatic nitrogens is 1. The summed E-state index contributed by atoms with van der Waals surface area (Å²) in [7, 11) is 0. The maximum Gasteiger partial charge on any atom is 0.254 e. The molecule has 0 bridgehead atoms. The molecule has 0 radical (unpaired) electrons. The van der Waals surface area contributed by atoms with E-state index in [1.165, 1.54) is 0 Å². The molecule has 1 aliphatic rings. The third kappa shape index (κ3) is 3.03. The first-order valence-electron chi connectivity index (χ1n) is 6.64. The van der Waals surface area contributed by atoms with Gasteiger partial charge in [0.25, 0.3) is 5.91 Å². The molecule has 0 spiro atoms. The van der Waals surface area contributed by atoms with Crippen molar-refractivity contribution in [2.24, 2.45) is 0 Å². The summed E-state index contributed by atoms with van der Waals surface area (Å²) in [6.45, 7) is 3.05. The first-order valence-corrected chi connectivity index (χ1v) is 8.31. The number of carbonyl (C=O) groups is 1. The van der Waals surface area contributed by atoms with Gasteiger partial charge < -0.3 is 15.5 Å². The van der Waals surface area contributed by atoms with Crippen LogP contribution < -0.4 is 10.6 Å². The summed E-state index contributed by atoms with van der Waals surface area (Å²) in [5.41, 5.74) is 7.06. The lowest BCUT2D eigenvalue weighted by atomic mass is 10.1. The molecule has 0 atom stereocenters. The lowest BCUT2D eigenvalue weighted by Crippen LogP contribution is -2.48. The highest BCUT2D eigenvalue weighted by molar-refractivity contribution is 9.10. The molecular weight excluding hydrogens is 352 g/mol. The number of piperazine rings is 1. The summed E-state index contributed by atoms with van der Waals surface area (Å²) in [6.07, 6.45) is 1.81. The van der Waals surface area contributed by atoms with Crippen LogP contribution in [0.15, 0.2) is 34.2 Å². The zero-order valence-electron chi connectivity index (χ0n) is 11.3. The lowest BCUT2D eigenvalue weighted by Gasteiger charge is -2.34. The molecule has 0 aliphatic carbocycles. The first kappa shape index (κ1) is 14.3. The number of halogens is 1. The molecule has 0 unspecified atom stereocenters. The average molecular weight is 367 g/mol. The van der Waals surface area contributed by atoms with Crippen LogP contribution in [-0.4, -0.2) is 42.0 Å². The van der Waals surface area contributed by atoms with Gasteiger partial charge in [0.2, 0.25) is 0 Å². The summed E-state index contributed by atoms with van der Waals surface area (Å²) in [4.78, 5) is 20.9. The van der Waals surface area contributed by atoms with Gasteiger partial charge in [-0.25, -0.2) is 4.98 Å². The largest absolute Gasteiger partial charge is 0.398 e. The molecule has 1 aromatic heterocycles. The van der Waals surface area contributed by atoms with E-state index in [0.717, 1.165) is 22.7 Å². The topological polar surface area (TPSA) is 62.5 Å². The number of hydrogen-bond donors (Lipinski definition) is 1. The maximum absolute atomic E-state index is 12.5. The van der Waals surface area contributed by atoms with Crippen LogP contribution in [-0.2, 0) is 0 Å². The van der Waals surface area contributed by atoms with E-state index >= 15 is 0 Å². The Kier molecular flexibility index (Phi) is 4.12. The Labute approximate surface area is 135 Å². The third-order valence-electron chi connectivity index (χ3n) is 3.50. The number of anilines is 2. The quantitative estimate of drug-likeness (QED) is 0.829. The van der Waals surface area contributed by atoms with E-state index in [4.69, 9.17) is 5.73 Å². The fourth-order valence-electron chi connectivity index (χ4n) is 2.32. The highest BCUT2D eigenvalue weighted by Gasteiger charge is 2.23. The Morgan fingerprint density at radius 2 is 2.05 bits per heavy atom. The van der Waals surface area contributed by atoms with E-state index in [0.29, 0.717) is 24.3 Å². The second kappa shape index (κ2) is 6.03. The second-order valence-electron chi connectivity index (χ2n) is 4.83. The Hall–Kier alpha value is -1.60. The zero-order valence-corrected chi connectivity index (χ0v) is 13.7. The van der Waals surface area contributed by atoms with Crippen molar-refractivity contribution in [3.05, 3.63) is 39.8 Å². The first-order chi connectivity index (χ1) is 10.1. The predicted octanol–water partition coefficient (Wildman–Crippen LogP) is 2.45. The summed E-state index contributed by atoms with van der Waals surface area (Å²) in [5, 5.41) is 3.00. The van der Waals surface area contributed by atoms with Gasteiger partial charge >= 0.3 is 0 Å². The molecule has 2 heterocycles. The van der Waals surface area contributed by atoms with Crippen LogP contribution in [0.25, 0.3) is 0 Å². The lowest BCUT2D eigenvalue weighted by molar-refractivity contribution is 0.0746. The monoisotopic (exact) mass is 366 g/mol. The van der Waals surface area contributed by atoms with Crippen LogP contribution in [0.4, 0.5) is 10.8 Å². The van der Waals surface area contributed by atoms with E-state index in [-0.39, 0.29) is 5.91 Å². The molecule has 1 saturated heterocycles. The number of benzene rings is 1. The third-order valence-corrected chi connectivity index (χ3v) is 5.02. The smallest absolute Gasteiger partial charge is 0.254 e. The van der Waals surface area contributed by atoms with Gasteiger partial charge in [0.15, 0.2) is 5.13 Å². The molecule has 1 fully saturated rings. The highest BCUT2D eigenvalue weighted by Crippen LogP contribution is 2.23. The van der Waals surface area contributed by atoms with Crippen LogP contribution in [0.5, 0.6) is 0 Å². The SMILES string of the molecule is Nc1ccc(C(=O)N2CCN(c3nccs3)CC2)cc1Br. The molecule has 1 aromatic carbocycles. The number of nitrogen functional groups attached to an aromatic ring is 1. The Bertz CT molecular complexity index is 638. The number of nitrogens with two attached hydrogens (primary N) is 1. The van der Waals surface area contributed by atoms with Crippen molar-refractivity contribution in [3.63, 3.8) is 0 Å². The fourth-order valence-corrected chi connectivity index (χ4v) is 3.39. The van der Waals surface area contributed by atoms with Crippen molar-refractivity contribution >= 4 is 44.0 Å². The number of hydrogen-bond acceptors (Lipinski definition) is 5. The summed E-state index contributed by atoms with van der Waals surface area (Å²) in [6, 6.07) is 5.31. The van der Waals surface area contributed by atoms with Crippen molar-refractivity contribution in [2.75, 3.05) is 36.8 Å². The normalized spacial score (nSPS) is 15.3. The number of rotatable bonds is 2. The Morgan fingerprint density at radius 1 is 1.29 bits per heavy atom. The van der Waals surface area contributed by atoms with Crippen molar-refractivity contribution < 1.29 is 4.79 Å². The zero-order chi connectivity index (χ0) is 14.8. The molecule has 110 valence electrons. The molecule has 1 aliphatic heterocycles. The number of amides is 1. The molecule has 3 rings (SSSR count). The van der Waals surface area contributed by atoms with Gasteiger partial charge in [0.1, 0.15) is 0 Å². The van der Waals surface area contributed by atoms with Gasteiger partial charge in [0.05, 0.1) is 0 Å². The maximum atomic E-state index is 12.5. The van der Waals surface area contributed by atoms with Gasteiger partial charge in [-0.1, -0.05) is 0 Å². The number of nitrogens with zero attached hydrogens (tertiary/aromatic N) is 3. The summed E-state index contributed by atoms with van der Waals surface area (Å²) < 4.78 is 0.759. The van der Waals surface area contributed by atoms with E-state index in [2.05, 4.69) is 25.8 Å². The number of thiazole rings is 1. The molecule has 1 amide bonds. The second-order valence-corrected chi connectivity index (χ2v) is 6.56. The van der Waals surface area contributed by atoms with Crippen molar-refractivity contribution in [2.45, 2.75) is 0 Å². The van der Waals surface area contributed by atoms with Gasteiger partial charge in [-0.05, 0) is 34.1 Å². The van der Waals surface area contributed by atoms with Gasteiger partial charge in [-0.3, -0.25) is 4.79 Å². The van der Waals surface area contributed by atoms with Gasteiger partial charge in [0, 0.05) is 53.5 Å². The molecular formula is C14H15BrN4OS. The molecule has 5 nitrogen and oxygen atoms in total. The average Bonchev–Trinajstić information content (AvgIpc) is 3.04. The standard InChI is InChI=1S/C14H15BrN4OS/c15-11-9-10(1-2-12(11)16)13(20)18-4-6-19(7-5-18)14-17-3-8-21-14/h1-3,8-9H,4-7,16H2. The molecule has 2 aromatic rings. The minimum Gasteiger partial charge on any atom is -0.398 e. The van der Waals surface area contributed by atoms with Crippen LogP contribution in [0.1, 0.15) is 10.4 Å². The minimum atomic E-state index is 0.0505. The molecule has 2 N–H and O–H groups in total. The number of carbonyl (C=O) groups excluding carboxylic acids is 1. The predicted molar refractivity (Wildman–Crippen MR) is 88.8 cm³/mol. The minimum absolute atomic E-state index is 0.0505.